The number of rotatable bonds is 6. The third-order valence-corrected chi connectivity index (χ3v) is 4.20. The van der Waals surface area contributed by atoms with Crippen molar-refractivity contribution in [1.29, 1.82) is 0 Å². The zero-order chi connectivity index (χ0) is 15.4. The van der Waals surface area contributed by atoms with E-state index in [4.69, 9.17) is 0 Å². The molecule has 1 fully saturated rings. The minimum atomic E-state index is -0.128. The van der Waals surface area contributed by atoms with Gasteiger partial charge in [-0.15, -0.1) is 0 Å². The summed E-state index contributed by atoms with van der Waals surface area (Å²) in [5.41, 5.74) is 3.23. The van der Waals surface area contributed by atoms with Gasteiger partial charge >= 0.3 is 0 Å². The predicted molar refractivity (Wildman–Crippen MR) is 85.4 cm³/mol. The Morgan fingerprint density at radius 3 is 2.76 bits per heavy atom. The average Bonchev–Trinajstić information content (AvgIpc) is 2.39. The fourth-order valence-corrected chi connectivity index (χ4v) is 2.98. The molecule has 0 spiro atoms. The highest BCUT2D eigenvalue weighted by molar-refractivity contribution is 5.93. The summed E-state index contributed by atoms with van der Waals surface area (Å²) in [7, 11) is 1.96. The monoisotopic (exact) mass is 290 g/mol. The molecular weight excluding hydrogens is 264 g/mol. The predicted octanol–water partition coefficient (Wildman–Crippen LogP) is 2.20. The summed E-state index contributed by atoms with van der Waals surface area (Å²) >= 11 is 0. The second kappa shape index (κ2) is 7.05. The number of anilines is 1. The first-order chi connectivity index (χ1) is 9.99. The van der Waals surface area contributed by atoms with Crippen molar-refractivity contribution >= 4 is 11.6 Å². The molecule has 1 aliphatic rings. The van der Waals surface area contributed by atoms with Crippen molar-refractivity contribution in [2.45, 2.75) is 39.2 Å². The standard InChI is InChI=1S/C17H26N2O2/c1-4-14-7-5-6-12(2)17(14)18-16(21)11-19(3)10-13-8-15(20)9-13/h5-7,13,15,20H,4,8-11H2,1-3H3,(H,18,21). The molecule has 1 saturated carbocycles. The molecule has 0 saturated heterocycles. The first-order valence-corrected chi connectivity index (χ1v) is 7.74. The topological polar surface area (TPSA) is 52.6 Å². The number of hydrogen-bond donors (Lipinski definition) is 2. The van der Waals surface area contributed by atoms with Crippen LogP contribution >= 0.6 is 0 Å². The molecule has 21 heavy (non-hydrogen) atoms. The molecule has 0 bridgehead atoms. The number of likely N-dealkylation sites (N-methyl/N-ethyl adjacent to an activating group) is 1. The van der Waals surface area contributed by atoms with Crippen molar-refractivity contribution in [1.82, 2.24) is 4.90 Å². The lowest BCUT2D eigenvalue weighted by Crippen LogP contribution is -2.40. The number of benzene rings is 1. The normalized spacial score (nSPS) is 21.2. The van der Waals surface area contributed by atoms with Crippen LogP contribution in [0.15, 0.2) is 18.2 Å². The first-order valence-electron chi connectivity index (χ1n) is 7.74. The van der Waals surface area contributed by atoms with Gasteiger partial charge in [-0.1, -0.05) is 25.1 Å². The van der Waals surface area contributed by atoms with Crippen LogP contribution in [0.5, 0.6) is 0 Å². The van der Waals surface area contributed by atoms with Crippen LogP contribution in [0.2, 0.25) is 0 Å². The first kappa shape index (κ1) is 16.0. The Labute approximate surface area is 127 Å². The van der Waals surface area contributed by atoms with Crippen LogP contribution in [0.25, 0.3) is 0 Å². The summed E-state index contributed by atoms with van der Waals surface area (Å²) in [5.74, 6) is 0.559. The number of amides is 1. The summed E-state index contributed by atoms with van der Waals surface area (Å²) in [4.78, 5) is 14.2. The largest absolute Gasteiger partial charge is 0.393 e. The fraction of sp³-hybridized carbons (Fsp3) is 0.588. The third-order valence-electron chi connectivity index (χ3n) is 4.20. The Morgan fingerprint density at radius 2 is 2.14 bits per heavy atom. The molecule has 0 radical (unpaired) electrons. The molecule has 2 rings (SSSR count). The molecule has 0 unspecified atom stereocenters. The number of aryl methyl sites for hydroxylation is 2. The zero-order valence-electron chi connectivity index (χ0n) is 13.2. The minimum absolute atomic E-state index is 0.0290. The Bertz CT molecular complexity index is 496. The SMILES string of the molecule is CCc1cccc(C)c1NC(=O)CN(C)CC1CC(O)C1. The number of para-hydroxylation sites is 1. The molecule has 0 atom stereocenters. The van der Waals surface area contributed by atoms with Gasteiger partial charge in [-0.3, -0.25) is 9.69 Å². The maximum atomic E-state index is 12.2. The number of nitrogens with zero attached hydrogens (tertiary/aromatic N) is 1. The number of aliphatic hydroxyl groups is 1. The number of carbonyl (C=O) groups is 1. The Morgan fingerprint density at radius 1 is 1.43 bits per heavy atom. The van der Waals surface area contributed by atoms with E-state index in [1.165, 1.54) is 5.56 Å². The van der Waals surface area contributed by atoms with Crippen LogP contribution < -0.4 is 5.32 Å². The van der Waals surface area contributed by atoms with Gasteiger partial charge in [0.2, 0.25) is 5.91 Å². The van der Waals surface area contributed by atoms with E-state index in [2.05, 4.69) is 18.3 Å². The molecule has 0 heterocycles. The number of nitrogens with one attached hydrogen (secondary N) is 1. The summed E-state index contributed by atoms with van der Waals surface area (Å²) in [6, 6.07) is 6.11. The number of carbonyl (C=O) groups excluding carboxylic acids is 1. The molecule has 1 aromatic carbocycles. The van der Waals surface area contributed by atoms with E-state index in [1.54, 1.807) is 0 Å². The lowest BCUT2D eigenvalue weighted by molar-refractivity contribution is -0.117. The van der Waals surface area contributed by atoms with Crippen molar-refractivity contribution in [2.24, 2.45) is 5.92 Å². The van der Waals surface area contributed by atoms with Gasteiger partial charge < -0.3 is 10.4 Å². The van der Waals surface area contributed by atoms with Gasteiger partial charge in [0.15, 0.2) is 0 Å². The Kier molecular flexibility index (Phi) is 5.37. The lowest BCUT2D eigenvalue weighted by atomic mass is 9.82. The molecule has 1 aliphatic carbocycles. The van der Waals surface area contributed by atoms with Crippen LogP contribution in [-0.2, 0) is 11.2 Å². The fourth-order valence-electron chi connectivity index (χ4n) is 2.98. The molecule has 0 aliphatic heterocycles. The molecular formula is C17H26N2O2. The van der Waals surface area contributed by atoms with Crippen LogP contribution in [0.1, 0.15) is 30.9 Å². The molecule has 116 valence electrons. The van der Waals surface area contributed by atoms with Gasteiger partial charge in [0.05, 0.1) is 12.6 Å². The minimum Gasteiger partial charge on any atom is -0.393 e. The number of hydrogen-bond acceptors (Lipinski definition) is 3. The Hall–Kier alpha value is -1.39. The van der Waals surface area contributed by atoms with Gasteiger partial charge in [-0.2, -0.15) is 0 Å². The van der Waals surface area contributed by atoms with Crippen LogP contribution in [0.4, 0.5) is 5.69 Å². The van der Waals surface area contributed by atoms with E-state index in [9.17, 15) is 9.90 Å². The van der Waals surface area contributed by atoms with Crippen molar-refractivity contribution in [3.63, 3.8) is 0 Å². The zero-order valence-corrected chi connectivity index (χ0v) is 13.2. The molecule has 4 nitrogen and oxygen atoms in total. The van der Waals surface area contributed by atoms with Crippen molar-refractivity contribution in [3.8, 4) is 0 Å². The van der Waals surface area contributed by atoms with E-state index >= 15 is 0 Å². The van der Waals surface area contributed by atoms with Crippen molar-refractivity contribution < 1.29 is 9.90 Å². The summed E-state index contributed by atoms with van der Waals surface area (Å²) in [5, 5.41) is 12.3. The highest BCUT2D eigenvalue weighted by Gasteiger charge is 2.28. The van der Waals surface area contributed by atoms with E-state index in [1.807, 2.05) is 31.0 Å². The van der Waals surface area contributed by atoms with Crippen molar-refractivity contribution in [2.75, 3.05) is 25.5 Å². The smallest absolute Gasteiger partial charge is 0.238 e. The van der Waals surface area contributed by atoms with Crippen LogP contribution in [0, 0.1) is 12.8 Å². The lowest BCUT2D eigenvalue weighted by Gasteiger charge is -2.34. The van der Waals surface area contributed by atoms with Crippen molar-refractivity contribution in [3.05, 3.63) is 29.3 Å². The maximum Gasteiger partial charge on any atom is 0.238 e. The summed E-state index contributed by atoms with van der Waals surface area (Å²) in [6.45, 7) is 5.38. The quantitative estimate of drug-likeness (QED) is 0.844. The number of aliphatic hydroxyl groups excluding tert-OH is 1. The highest BCUT2D eigenvalue weighted by Crippen LogP contribution is 2.27. The molecule has 2 N–H and O–H groups in total. The van der Waals surface area contributed by atoms with E-state index in [-0.39, 0.29) is 12.0 Å². The van der Waals surface area contributed by atoms with E-state index in [0.29, 0.717) is 12.5 Å². The summed E-state index contributed by atoms with van der Waals surface area (Å²) < 4.78 is 0. The van der Waals surface area contributed by atoms with Gasteiger partial charge in [0.25, 0.3) is 0 Å². The van der Waals surface area contributed by atoms with Gasteiger partial charge in [0.1, 0.15) is 0 Å². The molecule has 1 aromatic rings. The molecule has 1 amide bonds. The molecule has 4 heteroatoms. The van der Waals surface area contributed by atoms with E-state index in [0.717, 1.165) is 37.1 Å². The summed E-state index contributed by atoms with van der Waals surface area (Å²) in [6.07, 6.45) is 2.51. The van der Waals surface area contributed by atoms with E-state index < -0.39 is 0 Å². The van der Waals surface area contributed by atoms with Gasteiger partial charge in [-0.25, -0.2) is 0 Å². The molecule has 0 aromatic heterocycles. The highest BCUT2D eigenvalue weighted by atomic mass is 16.3. The second-order valence-electron chi connectivity index (χ2n) is 6.20. The third kappa shape index (κ3) is 4.29. The van der Waals surface area contributed by atoms with Crippen LogP contribution in [0.3, 0.4) is 0 Å². The Balaban J connectivity index is 1.87. The van der Waals surface area contributed by atoms with Gasteiger partial charge in [0, 0.05) is 12.2 Å². The van der Waals surface area contributed by atoms with Crippen LogP contribution in [-0.4, -0.2) is 42.2 Å². The second-order valence-corrected chi connectivity index (χ2v) is 6.20. The van der Waals surface area contributed by atoms with Gasteiger partial charge in [-0.05, 0) is 50.3 Å². The average molecular weight is 290 g/mol. The maximum absolute atomic E-state index is 12.2.